The Kier molecular flexibility index (Phi) is 4.87. The standard InChI is InChI=1S/C19H26N2O/c1-6-15(5)21-18(10-14(4)17(11-20)19(21)22)16-9-12(2)7-8-13(16)3/h7-10,15H,6,11,20H2,1-5H3. The van der Waals surface area contributed by atoms with Gasteiger partial charge in [0, 0.05) is 23.7 Å². The van der Waals surface area contributed by atoms with Crippen LogP contribution in [0.5, 0.6) is 0 Å². The van der Waals surface area contributed by atoms with E-state index in [0.717, 1.165) is 23.2 Å². The number of benzene rings is 1. The molecule has 2 N–H and O–H groups in total. The van der Waals surface area contributed by atoms with Crippen molar-refractivity contribution in [3.05, 3.63) is 56.9 Å². The highest BCUT2D eigenvalue weighted by Crippen LogP contribution is 2.28. The van der Waals surface area contributed by atoms with E-state index in [9.17, 15) is 4.79 Å². The zero-order valence-corrected chi connectivity index (χ0v) is 14.2. The molecule has 1 aromatic heterocycles. The summed E-state index contributed by atoms with van der Waals surface area (Å²) >= 11 is 0. The molecule has 0 spiro atoms. The molecule has 0 aliphatic rings. The molecule has 3 heteroatoms. The molecule has 2 rings (SSSR count). The van der Waals surface area contributed by atoms with Crippen molar-refractivity contribution in [2.24, 2.45) is 5.73 Å². The Balaban J connectivity index is 2.85. The number of aromatic nitrogens is 1. The summed E-state index contributed by atoms with van der Waals surface area (Å²) in [6.07, 6.45) is 0.908. The van der Waals surface area contributed by atoms with Crippen LogP contribution in [0, 0.1) is 20.8 Å². The molecule has 0 aliphatic carbocycles. The zero-order valence-electron chi connectivity index (χ0n) is 14.2. The van der Waals surface area contributed by atoms with Crippen molar-refractivity contribution in [2.45, 2.75) is 53.6 Å². The number of nitrogens with zero attached hydrogens (tertiary/aromatic N) is 1. The van der Waals surface area contributed by atoms with Gasteiger partial charge in [0.05, 0.1) is 5.69 Å². The van der Waals surface area contributed by atoms with E-state index in [0.29, 0.717) is 5.56 Å². The molecule has 1 atom stereocenters. The van der Waals surface area contributed by atoms with Gasteiger partial charge in [0.15, 0.2) is 0 Å². The summed E-state index contributed by atoms with van der Waals surface area (Å²) in [6.45, 7) is 10.6. The van der Waals surface area contributed by atoms with Crippen molar-refractivity contribution < 1.29 is 0 Å². The second kappa shape index (κ2) is 6.49. The summed E-state index contributed by atoms with van der Waals surface area (Å²) in [5.74, 6) is 0. The molecule has 3 nitrogen and oxygen atoms in total. The van der Waals surface area contributed by atoms with Crippen molar-refractivity contribution in [1.82, 2.24) is 4.57 Å². The molecule has 2 aromatic rings. The Morgan fingerprint density at radius 3 is 2.41 bits per heavy atom. The first-order valence-electron chi connectivity index (χ1n) is 7.93. The van der Waals surface area contributed by atoms with Crippen LogP contribution in [0.4, 0.5) is 0 Å². The maximum absolute atomic E-state index is 12.9. The van der Waals surface area contributed by atoms with Gasteiger partial charge in [-0.25, -0.2) is 0 Å². The maximum Gasteiger partial charge on any atom is 0.256 e. The van der Waals surface area contributed by atoms with Gasteiger partial charge >= 0.3 is 0 Å². The number of aryl methyl sites for hydroxylation is 3. The van der Waals surface area contributed by atoms with Crippen molar-refractivity contribution in [2.75, 3.05) is 0 Å². The Bertz CT molecular complexity index is 744. The molecule has 0 fully saturated rings. The Labute approximate surface area is 132 Å². The second-order valence-electron chi connectivity index (χ2n) is 6.15. The van der Waals surface area contributed by atoms with Crippen LogP contribution < -0.4 is 11.3 Å². The van der Waals surface area contributed by atoms with Gasteiger partial charge in [0.25, 0.3) is 5.56 Å². The molecular weight excluding hydrogens is 272 g/mol. The highest BCUT2D eigenvalue weighted by molar-refractivity contribution is 5.66. The van der Waals surface area contributed by atoms with Crippen LogP contribution in [0.3, 0.4) is 0 Å². The van der Waals surface area contributed by atoms with Crippen LogP contribution in [0.1, 0.15) is 48.6 Å². The first-order chi connectivity index (χ1) is 10.4. The fourth-order valence-corrected chi connectivity index (χ4v) is 2.87. The van der Waals surface area contributed by atoms with Crippen molar-refractivity contribution >= 4 is 0 Å². The zero-order chi connectivity index (χ0) is 16.4. The van der Waals surface area contributed by atoms with E-state index >= 15 is 0 Å². The van der Waals surface area contributed by atoms with Gasteiger partial charge in [-0.3, -0.25) is 4.79 Å². The van der Waals surface area contributed by atoms with E-state index in [-0.39, 0.29) is 18.1 Å². The third-order valence-corrected chi connectivity index (χ3v) is 4.47. The van der Waals surface area contributed by atoms with Crippen molar-refractivity contribution in [3.63, 3.8) is 0 Å². The van der Waals surface area contributed by atoms with Gasteiger partial charge in [-0.1, -0.05) is 24.6 Å². The smallest absolute Gasteiger partial charge is 0.256 e. The summed E-state index contributed by atoms with van der Waals surface area (Å²) in [6, 6.07) is 8.63. The Hall–Kier alpha value is -1.87. The molecule has 22 heavy (non-hydrogen) atoms. The number of hydrogen-bond acceptors (Lipinski definition) is 2. The SMILES string of the molecule is CCC(C)n1c(-c2cc(C)ccc2C)cc(C)c(CN)c1=O. The molecule has 0 saturated heterocycles. The first-order valence-corrected chi connectivity index (χ1v) is 7.93. The molecule has 0 radical (unpaired) electrons. The average molecular weight is 298 g/mol. The maximum atomic E-state index is 12.9. The predicted molar refractivity (Wildman–Crippen MR) is 93.2 cm³/mol. The fourth-order valence-electron chi connectivity index (χ4n) is 2.87. The van der Waals surface area contributed by atoms with Gasteiger partial charge < -0.3 is 10.3 Å². The summed E-state index contributed by atoms with van der Waals surface area (Å²) in [7, 11) is 0. The van der Waals surface area contributed by atoms with Gasteiger partial charge in [0.2, 0.25) is 0 Å². The van der Waals surface area contributed by atoms with Crippen LogP contribution in [0.25, 0.3) is 11.3 Å². The summed E-state index contributed by atoms with van der Waals surface area (Å²) in [5, 5.41) is 0. The summed E-state index contributed by atoms with van der Waals surface area (Å²) in [5.41, 5.74) is 12.0. The quantitative estimate of drug-likeness (QED) is 0.931. The lowest BCUT2D eigenvalue weighted by molar-refractivity contribution is 0.515. The highest BCUT2D eigenvalue weighted by atomic mass is 16.1. The van der Waals surface area contributed by atoms with Crippen LogP contribution >= 0.6 is 0 Å². The molecule has 0 bridgehead atoms. The van der Waals surface area contributed by atoms with Crippen molar-refractivity contribution in [1.29, 1.82) is 0 Å². The number of rotatable bonds is 4. The van der Waals surface area contributed by atoms with Crippen LogP contribution in [0.2, 0.25) is 0 Å². The van der Waals surface area contributed by atoms with Crippen molar-refractivity contribution in [3.8, 4) is 11.3 Å². The Morgan fingerprint density at radius 2 is 1.82 bits per heavy atom. The van der Waals surface area contributed by atoms with Gasteiger partial charge in [-0.2, -0.15) is 0 Å². The van der Waals surface area contributed by atoms with E-state index in [1.165, 1.54) is 11.1 Å². The van der Waals surface area contributed by atoms with Crippen LogP contribution in [-0.2, 0) is 6.54 Å². The lowest BCUT2D eigenvalue weighted by Gasteiger charge is -2.22. The Morgan fingerprint density at radius 1 is 1.14 bits per heavy atom. The van der Waals surface area contributed by atoms with Crippen LogP contribution in [0.15, 0.2) is 29.1 Å². The molecule has 1 unspecified atom stereocenters. The number of hydrogen-bond donors (Lipinski definition) is 1. The van der Waals surface area contributed by atoms with E-state index in [2.05, 4.69) is 52.0 Å². The summed E-state index contributed by atoms with van der Waals surface area (Å²) < 4.78 is 1.91. The molecule has 118 valence electrons. The van der Waals surface area contributed by atoms with Gasteiger partial charge in [-0.15, -0.1) is 0 Å². The minimum atomic E-state index is 0.0488. The minimum absolute atomic E-state index is 0.0488. The largest absolute Gasteiger partial charge is 0.326 e. The lowest BCUT2D eigenvalue weighted by atomic mass is 9.98. The monoisotopic (exact) mass is 298 g/mol. The average Bonchev–Trinajstić information content (AvgIpc) is 2.49. The summed E-state index contributed by atoms with van der Waals surface area (Å²) in [4.78, 5) is 12.9. The highest BCUT2D eigenvalue weighted by Gasteiger charge is 2.17. The fraction of sp³-hybridized carbons (Fsp3) is 0.421. The van der Waals surface area contributed by atoms with E-state index in [1.54, 1.807) is 0 Å². The molecule has 0 amide bonds. The minimum Gasteiger partial charge on any atom is -0.326 e. The van der Waals surface area contributed by atoms with E-state index in [4.69, 9.17) is 5.73 Å². The van der Waals surface area contributed by atoms with Gasteiger partial charge in [-0.05, 0) is 57.4 Å². The predicted octanol–water partition coefficient (Wildman–Crippen LogP) is 3.87. The lowest BCUT2D eigenvalue weighted by Crippen LogP contribution is -2.30. The molecule has 1 aromatic carbocycles. The van der Waals surface area contributed by atoms with Crippen LogP contribution in [-0.4, -0.2) is 4.57 Å². The normalized spacial score (nSPS) is 12.5. The third-order valence-electron chi connectivity index (χ3n) is 4.47. The number of pyridine rings is 1. The number of nitrogens with two attached hydrogens (primary N) is 1. The third kappa shape index (κ3) is 2.86. The van der Waals surface area contributed by atoms with E-state index < -0.39 is 0 Å². The van der Waals surface area contributed by atoms with Gasteiger partial charge in [0.1, 0.15) is 0 Å². The first kappa shape index (κ1) is 16.5. The molecule has 1 heterocycles. The van der Waals surface area contributed by atoms with E-state index in [1.807, 2.05) is 11.5 Å². The molecule has 0 aliphatic heterocycles. The molecule has 0 saturated carbocycles. The molecular formula is C19H26N2O. The second-order valence-corrected chi connectivity index (χ2v) is 6.15. The topological polar surface area (TPSA) is 48.0 Å².